The van der Waals surface area contributed by atoms with Gasteiger partial charge in [-0.05, 0) is 32.4 Å². The lowest BCUT2D eigenvalue weighted by Gasteiger charge is -2.39. The van der Waals surface area contributed by atoms with E-state index in [9.17, 15) is 14.4 Å². The number of carbonyl (C=O) groups excluding carboxylic acids is 1. The van der Waals surface area contributed by atoms with Crippen molar-refractivity contribution < 1.29 is 4.79 Å². The predicted octanol–water partition coefficient (Wildman–Crippen LogP) is 0.631. The average molecular weight is 399 g/mol. The maximum atomic E-state index is 12.2. The molecular weight excluding hydrogens is 370 g/mol. The quantitative estimate of drug-likeness (QED) is 0.634. The molecule has 1 saturated heterocycles. The number of rotatable bonds is 7. The molecule has 0 bridgehead atoms. The van der Waals surface area contributed by atoms with E-state index in [1.165, 1.54) is 5.69 Å². The highest BCUT2D eigenvalue weighted by molar-refractivity contribution is 5.76. The zero-order chi connectivity index (χ0) is 20.8. The molecule has 1 aromatic carbocycles. The second-order valence-corrected chi connectivity index (χ2v) is 7.52. The van der Waals surface area contributed by atoms with Crippen LogP contribution in [-0.4, -0.2) is 59.5 Å². The molecule has 3 rings (SSSR count). The summed E-state index contributed by atoms with van der Waals surface area (Å²) in [5, 5.41) is 2.96. The Labute approximate surface area is 169 Å². The van der Waals surface area contributed by atoms with Crippen LogP contribution in [0.4, 0.5) is 5.69 Å². The minimum Gasteiger partial charge on any atom is -0.369 e. The van der Waals surface area contributed by atoms with Crippen molar-refractivity contribution in [3.8, 4) is 0 Å². The molecule has 1 aromatic heterocycles. The van der Waals surface area contributed by atoms with Crippen molar-refractivity contribution in [3.63, 3.8) is 0 Å². The fraction of sp³-hybridized carbons (Fsp3) is 0.476. The van der Waals surface area contributed by atoms with Crippen molar-refractivity contribution in [2.45, 2.75) is 32.7 Å². The van der Waals surface area contributed by atoms with E-state index in [2.05, 4.69) is 56.3 Å². The average Bonchev–Trinajstić information content (AvgIpc) is 2.72. The molecule has 0 spiro atoms. The van der Waals surface area contributed by atoms with E-state index in [0.29, 0.717) is 24.2 Å². The molecule has 1 amide bonds. The molecule has 3 N–H and O–H groups in total. The molecule has 1 aliphatic rings. The van der Waals surface area contributed by atoms with E-state index >= 15 is 0 Å². The molecule has 0 aliphatic carbocycles. The number of amides is 1. The third-order valence-electron chi connectivity index (χ3n) is 5.51. The van der Waals surface area contributed by atoms with Crippen molar-refractivity contribution in [3.05, 3.63) is 62.4 Å². The van der Waals surface area contributed by atoms with Gasteiger partial charge in [-0.1, -0.05) is 18.2 Å². The second-order valence-electron chi connectivity index (χ2n) is 7.52. The summed E-state index contributed by atoms with van der Waals surface area (Å²) in [6.45, 7) is 8.21. The summed E-state index contributed by atoms with van der Waals surface area (Å²) in [5.74, 6) is -0.0928. The number of aryl methyl sites for hydroxylation is 1. The fourth-order valence-corrected chi connectivity index (χ4v) is 3.70. The molecule has 1 fully saturated rings. The zero-order valence-corrected chi connectivity index (χ0v) is 17.0. The summed E-state index contributed by atoms with van der Waals surface area (Å²) in [4.78, 5) is 44.8. The van der Waals surface area contributed by atoms with Gasteiger partial charge in [-0.15, -0.1) is 0 Å². The molecule has 0 saturated carbocycles. The van der Waals surface area contributed by atoms with E-state index in [1.54, 1.807) is 6.92 Å². The summed E-state index contributed by atoms with van der Waals surface area (Å²) in [6, 6.07) is 10.7. The van der Waals surface area contributed by atoms with Gasteiger partial charge in [0.15, 0.2) is 0 Å². The van der Waals surface area contributed by atoms with Gasteiger partial charge in [-0.3, -0.25) is 19.5 Å². The smallest absolute Gasteiger partial charge is 0.325 e. The third-order valence-corrected chi connectivity index (χ3v) is 5.51. The number of hydrogen-bond donors (Lipinski definition) is 3. The number of nitrogens with one attached hydrogen (secondary N) is 3. The molecule has 2 aromatic rings. The normalized spacial score (nSPS) is 15.9. The molecule has 2 heterocycles. The van der Waals surface area contributed by atoms with E-state index < -0.39 is 11.2 Å². The van der Waals surface area contributed by atoms with Gasteiger partial charge >= 0.3 is 5.69 Å². The Morgan fingerprint density at radius 2 is 1.79 bits per heavy atom. The number of hydrogen-bond acceptors (Lipinski definition) is 5. The summed E-state index contributed by atoms with van der Waals surface area (Å²) < 4.78 is 0. The Bertz CT molecular complexity index is 929. The van der Waals surface area contributed by atoms with Crippen LogP contribution < -0.4 is 21.5 Å². The molecule has 1 aliphatic heterocycles. The van der Waals surface area contributed by atoms with Gasteiger partial charge in [-0.2, -0.15) is 0 Å². The van der Waals surface area contributed by atoms with Gasteiger partial charge in [0.05, 0.1) is 0 Å². The van der Waals surface area contributed by atoms with Gasteiger partial charge in [0.1, 0.15) is 0 Å². The Morgan fingerprint density at radius 1 is 1.10 bits per heavy atom. The van der Waals surface area contributed by atoms with Crippen LogP contribution in [0.1, 0.15) is 24.6 Å². The Hall–Kier alpha value is -2.87. The maximum absolute atomic E-state index is 12.2. The number of aromatic amines is 2. The molecular formula is C21H29N5O3. The SMILES string of the molecule is Cc1[nH]c(=O)[nH]c(=O)c1CCC(=O)NCC(C)N1CCN(c2ccccc2)CC1. The first kappa shape index (κ1) is 20.9. The molecule has 0 radical (unpaired) electrons. The van der Waals surface area contributed by atoms with Crippen LogP contribution in [0.2, 0.25) is 0 Å². The van der Waals surface area contributed by atoms with E-state index in [-0.39, 0.29) is 18.4 Å². The Kier molecular flexibility index (Phi) is 6.87. The van der Waals surface area contributed by atoms with E-state index in [0.717, 1.165) is 26.2 Å². The number of carbonyl (C=O) groups is 1. The molecule has 8 nitrogen and oxygen atoms in total. The first-order valence-electron chi connectivity index (χ1n) is 10.1. The van der Waals surface area contributed by atoms with Crippen LogP contribution in [-0.2, 0) is 11.2 Å². The number of piperazine rings is 1. The molecule has 1 atom stereocenters. The zero-order valence-electron chi connectivity index (χ0n) is 17.0. The van der Waals surface area contributed by atoms with Crippen molar-refractivity contribution >= 4 is 11.6 Å². The lowest BCUT2D eigenvalue weighted by Crippen LogP contribution is -2.52. The maximum Gasteiger partial charge on any atom is 0.325 e. The summed E-state index contributed by atoms with van der Waals surface area (Å²) in [6.07, 6.45) is 0.512. The highest BCUT2D eigenvalue weighted by atomic mass is 16.2. The highest BCUT2D eigenvalue weighted by Crippen LogP contribution is 2.16. The van der Waals surface area contributed by atoms with Gasteiger partial charge in [0.2, 0.25) is 5.91 Å². The molecule has 1 unspecified atom stereocenters. The van der Waals surface area contributed by atoms with Crippen LogP contribution in [0.5, 0.6) is 0 Å². The summed E-state index contributed by atoms with van der Waals surface area (Å²) >= 11 is 0. The standard InChI is InChI=1S/C21H29N5O3/c1-15(25-10-12-26(13-11-25)17-6-4-3-5-7-17)14-22-19(27)9-8-18-16(2)23-21(29)24-20(18)28/h3-7,15H,8-14H2,1-2H3,(H,22,27)(H2,23,24,28,29). The Balaban J connectivity index is 1.42. The second kappa shape index (κ2) is 9.56. The largest absolute Gasteiger partial charge is 0.369 e. The van der Waals surface area contributed by atoms with Crippen LogP contribution >= 0.6 is 0 Å². The number of anilines is 1. The first-order chi connectivity index (χ1) is 13.9. The van der Waals surface area contributed by atoms with Gasteiger partial charge in [0.25, 0.3) is 5.56 Å². The van der Waals surface area contributed by atoms with Gasteiger partial charge < -0.3 is 15.2 Å². The number of aromatic nitrogens is 2. The molecule has 8 heteroatoms. The predicted molar refractivity (Wildman–Crippen MR) is 113 cm³/mol. The fourth-order valence-electron chi connectivity index (χ4n) is 3.70. The monoisotopic (exact) mass is 399 g/mol. The summed E-state index contributed by atoms with van der Waals surface area (Å²) in [5.41, 5.74) is 1.26. The van der Waals surface area contributed by atoms with Gasteiger partial charge in [0, 0.05) is 62.1 Å². The van der Waals surface area contributed by atoms with Crippen LogP contribution in [0.3, 0.4) is 0 Å². The van der Waals surface area contributed by atoms with Crippen molar-refractivity contribution in [1.29, 1.82) is 0 Å². The number of para-hydroxylation sites is 1. The minimum atomic E-state index is -0.526. The van der Waals surface area contributed by atoms with E-state index in [4.69, 9.17) is 0 Å². The number of H-pyrrole nitrogens is 2. The lowest BCUT2D eigenvalue weighted by molar-refractivity contribution is -0.121. The van der Waals surface area contributed by atoms with E-state index in [1.807, 2.05) is 6.07 Å². The van der Waals surface area contributed by atoms with Crippen LogP contribution in [0.15, 0.2) is 39.9 Å². The van der Waals surface area contributed by atoms with Crippen molar-refractivity contribution in [1.82, 2.24) is 20.2 Å². The topological polar surface area (TPSA) is 101 Å². The number of benzene rings is 1. The summed E-state index contributed by atoms with van der Waals surface area (Å²) in [7, 11) is 0. The Morgan fingerprint density at radius 3 is 2.45 bits per heavy atom. The lowest BCUT2D eigenvalue weighted by atomic mass is 10.1. The third kappa shape index (κ3) is 5.57. The van der Waals surface area contributed by atoms with Crippen molar-refractivity contribution in [2.75, 3.05) is 37.6 Å². The minimum absolute atomic E-state index is 0.0928. The van der Waals surface area contributed by atoms with Crippen molar-refractivity contribution in [2.24, 2.45) is 0 Å². The number of nitrogens with zero attached hydrogens (tertiary/aromatic N) is 2. The van der Waals surface area contributed by atoms with Crippen LogP contribution in [0, 0.1) is 6.92 Å². The molecule has 156 valence electrons. The first-order valence-corrected chi connectivity index (χ1v) is 10.1. The van der Waals surface area contributed by atoms with Gasteiger partial charge in [-0.25, -0.2) is 4.79 Å². The highest BCUT2D eigenvalue weighted by Gasteiger charge is 2.21. The molecule has 29 heavy (non-hydrogen) atoms. The van der Waals surface area contributed by atoms with Crippen LogP contribution in [0.25, 0.3) is 0 Å².